The molecule has 0 atom stereocenters. The van der Waals surface area contributed by atoms with Crippen molar-refractivity contribution in [2.75, 3.05) is 0 Å². The van der Waals surface area contributed by atoms with E-state index < -0.39 is 0 Å². The molecule has 0 fully saturated rings. The standard InChI is InChI=1S/C13H10N2O/c1-15-12(9-10-14-15)7-8-13(16)11-5-3-2-4-6-11/h2-6,9-10H,1H3. The van der Waals surface area contributed by atoms with Gasteiger partial charge in [-0.2, -0.15) is 5.10 Å². The number of carbonyl (C=O) groups is 1. The zero-order valence-corrected chi connectivity index (χ0v) is 8.84. The van der Waals surface area contributed by atoms with E-state index in [1.807, 2.05) is 18.2 Å². The van der Waals surface area contributed by atoms with E-state index in [-0.39, 0.29) is 5.78 Å². The summed E-state index contributed by atoms with van der Waals surface area (Å²) >= 11 is 0. The van der Waals surface area contributed by atoms with Crippen molar-refractivity contribution in [2.45, 2.75) is 0 Å². The highest BCUT2D eigenvalue weighted by Crippen LogP contribution is 1.99. The number of Topliss-reactive ketones (excluding diaryl/α,β-unsaturated/α-hetero) is 1. The average molecular weight is 210 g/mol. The number of carbonyl (C=O) groups excluding carboxylic acids is 1. The molecule has 0 N–H and O–H groups in total. The highest BCUT2D eigenvalue weighted by molar-refractivity contribution is 6.09. The Morgan fingerprint density at radius 3 is 2.62 bits per heavy atom. The van der Waals surface area contributed by atoms with Gasteiger partial charge in [0.15, 0.2) is 0 Å². The first kappa shape index (κ1) is 10.2. The maximum absolute atomic E-state index is 11.6. The Morgan fingerprint density at radius 2 is 2.00 bits per heavy atom. The van der Waals surface area contributed by atoms with Gasteiger partial charge in [-0.3, -0.25) is 9.48 Å². The normalized spacial score (nSPS) is 9.31. The largest absolute Gasteiger partial charge is 0.279 e. The SMILES string of the molecule is Cn1nccc1C#CC(=O)c1ccccc1. The van der Waals surface area contributed by atoms with Crippen LogP contribution in [0.3, 0.4) is 0 Å². The van der Waals surface area contributed by atoms with Gasteiger partial charge in [0.05, 0.1) is 6.20 Å². The number of ketones is 1. The minimum absolute atomic E-state index is 0.179. The molecule has 0 radical (unpaired) electrons. The third-order valence-corrected chi connectivity index (χ3v) is 2.16. The molecule has 0 saturated carbocycles. The van der Waals surface area contributed by atoms with Crippen LogP contribution in [0.4, 0.5) is 0 Å². The molecule has 0 aliphatic rings. The molecule has 2 aromatic rings. The molecule has 3 nitrogen and oxygen atoms in total. The second-order valence-corrected chi connectivity index (χ2v) is 3.29. The molecule has 0 bridgehead atoms. The predicted octanol–water partition coefficient (Wildman–Crippen LogP) is 1.65. The molecular weight excluding hydrogens is 200 g/mol. The first-order valence-corrected chi connectivity index (χ1v) is 4.87. The Kier molecular flexibility index (Phi) is 2.84. The number of aromatic nitrogens is 2. The van der Waals surface area contributed by atoms with E-state index in [9.17, 15) is 4.79 Å². The third-order valence-electron chi connectivity index (χ3n) is 2.16. The van der Waals surface area contributed by atoms with Crippen LogP contribution in [0.25, 0.3) is 0 Å². The van der Waals surface area contributed by atoms with Crippen LogP contribution in [-0.4, -0.2) is 15.6 Å². The average Bonchev–Trinajstić information content (AvgIpc) is 2.73. The number of aryl methyl sites for hydroxylation is 1. The summed E-state index contributed by atoms with van der Waals surface area (Å²) < 4.78 is 1.63. The summed E-state index contributed by atoms with van der Waals surface area (Å²) in [6.45, 7) is 0. The van der Waals surface area contributed by atoms with Gasteiger partial charge in [0.1, 0.15) is 5.69 Å². The van der Waals surface area contributed by atoms with Crippen molar-refractivity contribution in [1.82, 2.24) is 9.78 Å². The minimum atomic E-state index is -0.179. The number of rotatable bonds is 1. The lowest BCUT2D eigenvalue weighted by Crippen LogP contribution is -1.96. The fraction of sp³-hybridized carbons (Fsp3) is 0.0769. The summed E-state index contributed by atoms with van der Waals surface area (Å²) in [4.78, 5) is 11.6. The summed E-state index contributed by atoms with van der Waals surface area (Å²) in [5.74, 6) is 5.21. The second kappa shape index (κ2) is 4.45. The molecule has 1 aromatic heterocycles. The maximum Gasteiger partial charge on any atom is 0.236 e. The Labute approximate surface area is 93.7 Å². The molecular formula is C13H10N2O. The Balaban J connectivity index is 2.21. The van der Waals surface area contributed by atoms with E-state index >= 15 is 0 Å². The summed E-state index contributed by atoms with van der Waals surface area (Å²) in [6.07, 6.45) is 1.65. The molecule has 0 spiro atoms. The van der Waals surface area contributed by atoms with Gasteiger partial charge in [0.25, 0.3) is 0 Å². The Hall–Kier alpha value is -2.34. The highest BCUT2D eigenvalue weighted by atomic mass is 16.1. The first-order valence-electron chi connectivity index (χ1n) is 4.87. The smallest absolute Gasteiger partial charge is 0.236 e. The number of hydrogen-bond acceptors (Lipinski definition) is 2. The third kappa shape index (κ3) is 2.18. The fourth-order valence-electron chi connectivity index (χ4n) is 1.28. The lowest BCUT2D eigenvalue weighted by atomic mass is 10.1. The van der Waals surface area contributed by atoms with Crippen molar-refractivity contribution >= 4 is 5.78 Å². The topological polar surface area (TPSA) is 34.9 Å². The van der Waals surface area contributed by atoms with Gasteiger partial charge < -0.3 is 0 Å². The number of nitrogens with zero attached hydrogens (tertiary/aromatic N) is 2. The molecule has 0 saturated heterocycles. The van der Waals surface area contributed by atoms with Crippen LogP contribution in [0, 0.1) is 11.8 Å². The minimum Gasteiger partial charge on any atom is -0.279 e. The van der Waals surface area contributed by atoms with Gasteiger partial charge in [-0.1, -0.05) is 30.3 Å². The van der Waals surface area contributed by atoms with E-state index in [1.54, 1.807) is 36.1 Å². The highest BCUT2D eigenvalue weighted by Gasteiger charge is 1.99. The molecule has 2 rings (SSSR count). The van der Waals surface area contributed by atoms with Gasteiger partial charge in [-0.25, -0.2) is 0 Å². The lowest BCUT2D eigenvalue weighted by Gasteiger charge is -1.91. The van der Waals surface area contributed by atoms with E-state index in [4.69, 9.17) is 0 Å². The molecule has 1 heterocycles. The van der Waals surface area contributed by atoms with Crippen molar-refractivity contribution in [3.63, 3.8) is 0 Å². The Morgan fingerprint density at radius 1 is 1.25 bits per heavy atom. The molecule has 0 aliphatic carbocycles. The van der Waals surface area contributed by atoms with Crippen LogP contribution >= 0.6 is 0 Å². The van der Waals surface area contributed by atoms with Crippen LogP contribution in [0.2, 0.25) is 0 Å². The van der Waals surface area contributed by atoms with Crippen LogP contribution in [0.5, 0.6) is 0 Å². The lowest BCUT2D eigenvalue weighted by molar-refractivity contribution is 0.105. The summed E-state index contributed by atoms with van der Waals surface area (Å²) in [5, 5.41) is 3.97. The monoisotopic (exact) mass is 210 g/mol. The zero-order valence-electron chi connectivity index (χ0n) is 8.84. The molecule has 78 valence electrons. The second-order valence-electron chi connectivity index (χ2n) is 3.29. The van der Waals surface area contributed by atoms with Crippen molar-refractivity contribution in [1.29, 1.82) is 0 Å². The zero-order chi connectivity index (χ0) is 11.4. The van der Waals surface area contributed by atoms with E-state index in [2.05, 4.69) is 16.9 Å². The van der Waals surface area contributed by atoms with Crippen LogP contribution in [0.15, 0.2) is 42.6 Å². The van der Waals surface area contributed by atoms with Crippen molar-refractivity contribution in [2.24, 2.45) is 7.05 Å². The molecule has 1 aromatic carbocycles. The predicted molar refractivity (Wildman–Crippen MR) is 60.9 cm³/mol. The molecule has 16 heavy (non-hydrogen) atoms. The van der Waals surface area contributed by atoms with E-state index in [0.29, 0.717) is 5.56 Å². The summed E-state index contributed by atoms with van der Waals surface area (Å²) in [7, 11) is 1.79. The van der Waals surface area contributed by atoms with Crippen LogP contribution in [-0.2, 0) is 7.05 Å². The maximum atomic E-state index is 11.6. The van der Waals surface area contributed by atoms with E-state index in [0.717, 1.165) is 5.69 Å². The van der Waals surface area contributed by atoms with Crippen molar-refractivity contribution in [3.8, 4) is 11.8 Å². The molecule has 0 aliphatic heterocycles. The van der Waals surface area contributed by atoms with Crippen molar-refractivity contribution < 1.29 is 4.79 Å². The first-order chi connectivity index (χ1) is 7.77. The van der Waals surface area contributed by atoms with Crippen LogP contribution < -0.4 is 0 Å². The summed E-state index contributed by atoms with van der Waals surface area (Å²) in [6, 6.07) is 10.8. The van der Waals surface area contributed by atoms with Gasteiger partial charge >= 0.3 is 0 Å². The number of hydrogen-bond donors (Lipinski definition) is 0. The fourth-order valence-corrected chi connectivity index (χ4v) is 1.28. The van der Waals surface area contributed by atoms with E-state index in [1.165, 1.54) is 0 Å². The summed E-state index contributed by atoms with van der Waals surface area (Å²) in [5.41, 5.74) is 1.33. The molecule has 0 unspecified atom stereocenters. The molecule has 3 heteroatoms. The molecule has 0 amide bonds. The Bertz CT molecular complexity index is 558. The van der Waals surface area contributed by atoms with Gasteiger partial charge in [-0.15, -0.1) is 0 Å². The van der Waals surface area contributed by atoms with Crippen molar-refractivity contribution in [3.05, 3.63) is 53.9 Å². The van der Waals surface area contributed by atoms with Gasteiger partial charge in [0, 0.05) is 12.6 Å². The van der Waals surface area contributed by atoms with Crippen LogP contribution in [0.1, 0.15) is 16.1 Å². The van der Waals surface area contributed by atoms with Gasteiger partial charge in [0.2, 0.25) is 5.78 Å². The number of benzene rings is 1. The quantitative estimate of drug-likeness (QED) is 0.530. The van der Waals surface area contributed by atoms with Gasteiger partial charge in [-0.05, 0) is 17.9 Å².